The molecule has 1 saturated heterocycles. The first-order chi connectivity index (χ1) is 9.52. The molecule has 0 radical (unpaired) electrons. The number of hydrogen-bond acceptors (Lipinski definition) is 3. The first kappa shape index (κ1) is 13.6. The van der Waals surface area contributed by atoms with Crippen molar-refractivity contribution in [3.8, 4) is 0 Å². The molecule has 0 aromatic carbocycles. The molecule has 0 N–H and O–H groups in total. The minimum absolute atomic E-state index is 0.383. The van der Waals surface area contributed by atoms with E-state index in [9.17, 15) is 8.42 Å². The zero-order valence-corrected chi connectivity index (χ0v) is 13.2. The lowest BCUT2D eigenvalue weighted by atomic mass is 9.49. The van der Waals surface area contributed by atoms with Crippen molar-refractivity contribution in [1.82, 2.24) is 4.90 Å². The summed E-state index contributed by atoms with van der Waals surface area (Å²) >= 11 is 0. The van der Waals surface area contributed by atoms with Crippen LogP contribution in [0.15, 0.2) is 0 Å². The summed E-state index contributed by atoms with van der Waals surface area (Å²) in [5.74, 6) is 3.86. The Labute approximate surface area is 123 Å². The van der Waals surface area contributed by atoms with Gasteiger partial charge in [0.15, 0.2) is 9.84 Å². The van der Waals surface area contributed by atoms with E-state index in [-0.39, 0.29) is 0 Å². The van der Waals surface area contributed by atoms with Gasteiger partial charge in [0.25, 0.3) is 0 Å². The smallest absolute Gasteiger partial charge is 0.152 e. The molecule has 4 aliphatic carbocycles. The van der Waals surface area contributed by atoms with Crippen molar-refractivity contribution in [3.05, 3.63) is 0 Å². The van der Waals surface area contributed by atoms with Crippen LogP contribution in [-0.4, -0.2) is 44.5 Å². The highest BCUT2D eigenvalue weighted by molar-refractivity contribution is 7.91. The van der Waals surface area contributed by atoms with Gasteiger partial charge in [-0.25, -0.2) is 8.42 Å². The Kier molecular flexibility index (Phi) is 3.19. The second kappa shape index (κ2) is 4.70. The molecule has 1 heterocycles. The summed E-state index contributed by atoms with van der Waals surface area (Å²) < 4.78 is 23.0. The van der Waals surface area contributed by atoms with Gasteiger partial charge in [-0.3, -0.25) is 0 Å². The van der Waals surface area contributed by atoms with Crippen LogP contribution in [-0.2, 0) is 9.84 Å². The van der Waals surface area contributed by atoms with Crippen LogP contribution in [0.5, 0.6) is 0 Å². The predicted molar refractivity (Wildman–Crippen MR) is 80.3 cm³/mol. The second-order valence-electron chi connectivity index (χ2n) is 8.16. The number of nitrogens with zero attached hydrogens (tertiary/aromatic N) is 1. The van der Waals surface area contributed by atoms with Crippen LogP contribution < -0.4 is 0 Å². The van der Waals surface area contributed by atoms with E-state index in [0.29, 0.717) is 16.9 Å². The molecule has 0 amide bonds. The van der Waals surface area contributed by atoms with Crippen molar-refractivity contribution >= 4 is 9.84 Å². The lowest BCUT2D eigenvalue weighted by Gasteiger charge is -2.57. The standard InChI is InChI=1S/C16H27NO2S/c18-20(19)5-3-17(4-6-20)2-1-16-10-13-7-14(11-16)9-15(8-13)12-16/h13-15H,1-12H2. The second-order valence-corrected chi connectivity index (χ2v) is 10.5. The van der Waals surface area contributed by atoms with Crippen molar-refractivity contribution in [3.63, 3.8) is 0 Å². The van der Waals surface area contributed by atoms with Crippen LogP contribution in [0.1, 0.15) is 44.9 Å². The SMILES string of the molecule is O=S1(=O)CCN(CCC23CC4CC(CC(C4)C2)C3)CC1. The highest BCUT2D eigenvalue weighted by atomic mass is 32.2. The molecule has 5 fully saturated rings. The van der Waals surface area contributed by atoms with E-state index in [4.69, 9.17) is 0 Å². The molecule has 4 heteroatoms. The highest BCUT2D eigenvalue weighted by Crippen LogP contribution is 2.61. The summed E-state index contributed by atoms with van der Waals surface area (Å²) in [6, 6.07) is 0. The minimum atomic E-state index is -2.72. The lowest BCUT2D eigenvalue weighted by molar-refractivity contribution is -0.0607. The summed E-state index contributed by atoms with van der Waals surface area (Å²) in [5, 5.41) is 0. The van der Waals surface area contributed by atoms with Crippen molar-refractivity contribution in [1.29, 1.82) is 0 Å². The minimum Gasteiger partial charge on any atom is -0.301 e. The zero-order valence-electron chi connectivity index (χ0n) is 12.4. The molecule has 20 heavy (non-hydrogen) atoms. The normalized spacial score (nSPS) is 46.7. The summed E-state index contributed by atoms with van der Waals surface area (Å²) in [5.41, 5.74) is 0.644. The van der Waals surface area contributed by atoms with E-state index < -0.39 is 9.84 Å². The molecule has 5 aliphatic rings. The van der Waals surface area contributed by atoms with Gasteiger partial charge < -0.3 is 4.90 Å². The van der Waals surface area contributed by atoms with Gasteiger partial charge in [0.1, 0.15) is 0 Å². The molecule has 0 spiro atoms. The summed E-state index contributed by atoms with van der Waals surface area (Å²) in [6.45, 7) is 2.69. The van der Waals surface area contributed by atoms with Gasteiger partial charge >= 0.3 is 0 Å². The average Bonchev–Trinajstić information content (AvgIpc) is 2.36. The Bertz CT molecular complexity index is 435. The van der Waals surface area contributed by atoms with E-state index in [1.54, 1.807) is 0 Å². The van der Waals surface area contributed by atoms with E-state index >= 15 is 0 Å². The Morgan fingerprint density at radius 3 is 1.90 bits per heavy atom. The van der Waals surface area contributed by atoms with Gasteiger partial charge in [0.05, 0.1) is 11.5 Å². The Hall–Kier alpha value is -0.0900. The third-order valence-corrected chi connectivity index (χ3v) is 8.17. The Morgan fingerprint density at radius 1 is 0.900 bits per heavy atom. The lowest BCUT2D eigenvalue weighted by Crippen LogP contribution is -2.48. The van der Waals surface area contributed by atoms with Crippen LogP contribution in [0.2, 0.25) is 0 Å². The van der Waals surface area contributed by atoms with Crippen molar-refractivity contribution in [2.45, 2.75) is 44.9 Å². The molecular weight excluding hydrogens is 270 g/mol. The number of rotatable bonds is 3. The van der Waals surface area contributed by atoms with Gasteiger partial charge in [-0.1, -0.05) is 0 Å². The van der Waals surface area contributed by atoms with E-state index in [0.717, 1.165) is 37.4 Å². The quantitative estimate of drug-likeness (QED) is 0.802. The predicted octanol–water partition coefficient (Wildman–Crippen LogP) is 2.32. The van der Waals surface area contributed by atoms with E-state index in [1.165, 1.54) is 44.9 Å². The number of hydrogen-bond donors (Lipinski definition) is 0. The monoisotopic (exact) mass is 297 g/mol. The van der Waals surface area contributed by atoms with Gasteiger partial charge in [0, 0.05) is 13.1 Å². The topological polar surface area (TPSA) is 37.4 Å². The maximum absolute atomic E-state index is 11.5. The molecule has 114 valence electrons. The Morgan fingerprint density at radius 2 is 1.40 bits per heavy atom. The van der Waals surface area contributed by atoms with Crippen molar-refractivity contribution < 1.29 is 8.42 Å². The van der Waals surface area contributed by atoms with Gasteiger partial charge in [-0.05, 0) is 74.7 Å². The Balaban J connectivity index is 1.36. The van der Waals surface area contributed by atoms with Crippen molar-refractivity contribution in [2.75, 3.05) is 31.1 Å². The molecule has 4 bridgehead atoms. The van der Waals surface area contributed by atoms with Crippen molar-refractivity contribution in [2.24, 2.45) is 23.2 Å². The summed E-state index contributed by atoms with van der Waals surface area (Å²) in [4.78, 5) is 2.40. The number of sulfone groups is 1. The highest BCUT2D eigenvalue weighted by Gasteiger charge is 2.50. The van der Waals surface area contributed by atoms with Gasteiger partial charge in [-0.2, -0.15) is 0 Å². The first-order valence-corrected chi connectivity index (χ1v) is 10.3. The van der Waals surface area contributed by atoms with E-state index in [2.05, 4.69) is 4.90 Å². The maximum atomic E-state index is 11.5. The molecule has 0 aromatic rings. The third kappa shape index (κ3) is 2.54. The zero-order chi connectivity index (χ0) is 13.8. The average molecular weight is 297 g/mol. The summed E-state index contributed by atoms with van der Waals surface area (Å²) in [6.07, 6.45) is 10.3. The molecule has 4 saturated carbocycles. The van der Waals surface area contributed by atoms with Crippen LogP contribution in [0.25, 0.3) is 0 Å². The van der Waals surface area contributed by atoms with E-state index in [1.807, 2.05) is 0 Å². The fourth-order valence-electron chi connectivity index (χ4n) is 5.97. The van der Waals surface area contributed by atoms with Crippen LogP contribution in [0.4, 0.5) is 0 Å². The summed E-state index contributed by atoms with van der Waals surface area (Å²) in [7, 11) is -2.72. The van der Waals surface area contributed by atoms with Crippen LogP contribution in [0, 0.1) is 23.2 Å². The van der Waals surface area contributed by atoms with Gasteiger partial charge in [0.2, 0.25) is 0 Å². The van der Waals surface area contributed by atoms with Gasteiger partial charge in [-0.15, -0.1) is 0 Å². The molecule has 1 aliphatic heterocycles. The molecular formula is C16H27NO2S. The molecule has 0 unspecified atom stereocenters. The molecule has 0 aromatic heterocycles. The third-order valence-electron chi connectivity index (χ3n) is 6.56. The maximum Gasteiger partial charge on any atom is 0.152 e. The first-order valence-electron chi connectivity index (χ1n) is 8.45. The largest absolute Gasteiger partial charge is 0.301 e. The van der Waals surface area contributed by atoms with Crippen LogP contribution in [0.3, 0.4) is 0 Å². The molecule has 5 rings (SSSR count). The fourth-order valence-corrected chi connectivity index (χ4v) is 7.24. The molecule has 3 nitrogen and oxygen atoms in total. The van der Waals surface area contributed by atoms with Crippen LogP contribution >= 0.6 is 0 Å². The fraction of sp³-hybridized carbons (Fsp3) is 1.00. The molecule has 0 atom stereocenters.